The van der Waals surface area contributed by atoms with Crippen LogP contribution in [-0.2, 0) is 10.0 Å². The molecule has 7 heteroatoms. The molecule has 0 radical (unpaired) electrons. The molecule has 1 atom stereocenters. The Morgan fingerprint density at radius 1 is 0.964 bits per heavy atom. The van der Waals surface area contributed by atoms with Crippen molar-refractivity contribution < 1.29 is 13.2 Å². The number of carbonyl (C=O) groups is 1. The van der Waals surface area contributed by atoms with Crippen molar-refractivity contribution in [2.24, 2.45) is 0 Å². The SMILES string of the molecule is Cc1ccc(NS(=O)(=O)c2ccc(C(=O)N[C@H](C)c3ccccn3)cc2)cc1. The van der Waals surface area contributed by atoms with Crippen molar-refractivity contribution in [3.05, 3.63) is 89.7 Å². The average Bonchev–Trinajstić information content (AvgIpc) is 2.70. The predicted molar refractivity (Wildman–Crippen MR) is 109 cm³/mol. The molecule has 6 nitrogen and oxygen atoms in total. The van der Waals surface area contributed by atoms with Crippen LogP contribution in [0.5, 0.6) is 0 Å². The molecule has 3 rings (SSSR count). The molecular weight excluding hydrogens is 374 g/mol. The molecule has 1 amide bonds. The number of pyridine rings is 1. The van der Waals surface area contributed by atoms with E-state index in [1.54, 1.807) is 18.3 Å². The third kappa shape index (κ3) is 4.75. The largest absolute Gasteiger partial charge is 0.344 e. The van der Waals surface area contributed by atoms with E-state index in [0.29, 0.717) is 11.3 Å². The van der Waals surface area contributed by atoms with Crippen LogP contribution >= 0.6 is 0 Å². The first kappa shape index (κ1) is 19.6. The van der Waals surface area contributed by atoms with Crippen LogP contribution in [0.1, 0.15) is 34.6 Å². The number of hydrogen-bond donors (Lipinski definition) is 2. The van der Waals surface area contributed by atoms with Gasteiger partial charge in [-0.3, -0.25) is 14.5 Å². The third-order valence-corrected chi connectivity index (χ3v) is 5.61. The normalized spacial score (nSPS) is 12.2. The summed E-state index contributed by atoms with van der Waals surface area (Å²) >= 11 is 0. The summed E-state index contributed by atoms with van der Waals surface area (Å²) < 4.78 is 27.5. The van der Waals surface area contributed by atoms with E-state index in [4.69, 9.17) is 0 Å². The van der Waals surface area contributed by atoms with Crippen LogP contribution in [0.25, 0.3) is 0 Å². The molecule has 3 aromatic rings. The summed E-state index contributed by atoms with van der Waals surface area (Å²) in [6.07, 6.45) is 1.67. The molecule has 1 heterocycles. The minimum atomic E-state index is -3.73. The molecule has 28 heavy (non-hydrogen) atoms. The van der Waals surface area contributed by atoms with E-state index in [1.807, 2.05) is 44.2 Å². The zero-order chi connectivity index (χ0) is 20.1. The second kappa shape index (κ2) is 8.22. The van der Waals surface area contributed by atoms with Crippen LogP contribution in [0, 0.1) is 6.92 Å². The Kier molecular flexibility index (Phi) is 5.75. The molecule has 2 aromatic carbocycles. The zero-order valence-corrected chi connectivity index (χ0v) is 16.4. The summed E-state index contributed by atoms with van der Waals surface area (Å²) in [4.78, 5) is 16.7. The maximum Gasteiger partial charge on any atom is 0.261 e. The monoisotopic (exact) mass is 395 g/mol. The van der Waals surface area contributed by atoms with E-state index in [0.717, 1.165) is 11.3 Å². The lowest BCUT2D eigenvalue weighted by molar-refractivity contribution is 0.0939. The van der Waals surface area contributed by atoms with Crippen LogP contribution in [0.4, 0.5) is 5.69 Å². The van der Waals surface area contributed by atoms with E-state index in [1.165, 1.54) is 24.3 Å². The Morgan fingerprint density at radius 3 is 2.25 bits per heavy atom. The Morgan fingerprint density at radius 2 is 1.64 bits per heavy atom. The van der Waals surface area contributed by atoms with Gasteiger partial charge in [0.15, 0.2) is 0 Å². The van der Waals surface area contributed by atoms with Crippen molar-refractivity contribution in [3.8, 4) is 0 Å². The van der Waals surface area contributed by atoms with Gasteiger partial charge in [0.25, 0.3) is 15.9 Å². The zero-order valence-electron chi connectivity index (χ0n) is 15.6. The number of benzene rings is 2. The molecule has 0 aliphatic rings. The Bertz CT molecular complexity index is 1050. The second-order valence-corrected chi connectivity index (χ2v) is 8.13. The van der Waals surface area contributed by atoms with E-state index >= 15 is 0 Å². The van der Waals surface area contributed by atoms with Gasteiger partial charge in [-0.15, -0.1) is 0 Å². The van der Waals surface area contributed by atoms with Gasteiger partial charge in [0.1, 0.15) is 0 Å². The highest BCUT2D eigenvalue weighted by Crippen LogP contribution is 2.18. The molecule has 0 aliphatic carbocycles. The van der Waals surface area contributed by atoms with Gasteiger partial charge in [0, 0.05) is 17.4 Å². The van der Waals surface area contributed by atoms with Crippen molar-refractivity contribution in [2.45, 2.75) is 24.8 Å². The quantitative estimate of drug-likeness (QED) is 0.666. The summed E-state index contributed by atoms with van der Waals surface area (Å²) in [5, 5.41) is 2.85. The van der Waals surface area contributed by atoms with Gasteiger partial charge >= 0.3 is 0 Å². The highest BCUT2D eigenvalue weighted by Gasteiger charge is 2.16. The Labute approximate surface area is 164 Å². The van der Waals surface area contributed by atoms with Gasteiger partial charge in [-0.1, -0.05) is 23.8 Å². The second-order valence-electron chi connectivity index (χ2n) is 6.45. The summed E-state index contributed by atoms with van der Waals surface area (Å²) in [6, 6.07) is 18.1. The highest BCUT2D eigenvalue weighted by molar-refractivity contribution is 7.92. The molecule has 2 N–H and O–H groups in total. The molecule has 0 aliphatic heterocycles. The smallest absolute Gasteiger partial charge is 0.261 e. The van der Waals surface area contributed by atoms with Gasteiger partial charge in [0.05, 0.1) is 16.6 Å². The van der Waals surface area contributed by atoms with Crippen LogP contribution in [0.2, 0.25) is 0 Å². The van der Waals surface area contributed by atoms with Gasteiger partial charge in [-0.25, -0.2) is 8.42 Å². The van der Waals surface area contributed by atoms with E-state index in [-0.39, 0.29) is 16.8 Å². The van der Waals surface area contributed by atoms with E-state index < -0.39 is 10.0 Å². The molecule has 0 fully saturated rings. The lowest BCUT2D eigenvalue weighted by atomic mass is 10.1. The maximum atomic E-state index is 12.5. The van der Waals surface area contributed by atoms with E-state index in [2.05, 4.69) is 15.0 Å². The van der Waals surface area contributed by atoms with Crippen molar-refractivity contribution in [1.82, 2.24) is 10.3 Å². The molecule has 0 bridgehead atoms. The number of sulfonamides is 1. The van der Waals surface area contributed by atoms with Crippen LogP contribution in [0.3, 0.4) is 0 Å². The average molecular weight is 395 g/mol. The van der Waals surface area contributed by atoms with Crippen molar-refractivity contribution in [2.75, 3.05) is 4.72 Å². The molecule has 0 unspecified atom stereocenters. The third-order valence-electron chi connectivity index (χ3n) is 4.21. The number of nitrogens with zero attached hydrogens (tertiary/aromatic N) is 1. The predicted octanol–water partition coefficient (Wildman–Crippen LogP) is 3.68. The summed E-state index contributed by atoms with van der Waals surface area (Å²) in [6.45, 7) is 3.77. The van der Waals surface area contributed by atoms with Gasteiger partial charge < -0.3 is 5.32 Å². The van der Waals surface area contributed by atoms with Gasteiger partial charge in [-0.05, 0) is 62.4 Å². The molecule has 144 valence electrons. The first-order chi connectivity index (χ1) is 13.3. The molecule has 0 saturated heterocycles. The van der Waals surface area contributed by atoms with Gasteiger partial charge in [0.2, 0.25) is 0 Å². The lowest BCUT2D eigenvalue weighted by Crippen LogP contribution is -2.27. The fourth-order valence-corrected chi connectivity index (χ4v) is 3.67. The minimum absolute atomic E-state index is 0.0856. The summed E-state index contributed by atoms with van der Waals surface area (Å²) in [5.74, 6) is -0.298. The first-order valence-electron chi connectivity index (χ1n) is 8.76. The topological polar surface area (TPSA) is 88.2 Å². The number of aromatic nitrogens is 1. The standard InChI is InChI=1S/C21H21N3O3S/c1-15-6-10-18(11-7-15)24-28(26,27)19-12-8-17(9-13-19)21(25)23-16(2)20-5-3-4-14-22-20/h3-14,16,24H,1-2H3,(H,23,25)/t16-/m1/s1. The number of aryl methyl sites for hydroxylation is 1. The number of nitrogens with one attached hydrogen (secondary N) is 2. The summed E-state index contributed by atoms with van der Waals surface area (Å²) in [7, 11) is -3.73. The van der Waals surface area contributed by atoms with Gasteiger partial charge in [-0.2, -0.15) is 0 Å². The van der Waals surface area contributed by atoms with Crippen LogP contribution in [0.15, 0.2) is 77.8 Å². The van der Waals surface area contributed by atoms with Crippen LogP contribution in [-0.4, -0.2) is 19.3 Å². The Balaban J connectivity index is 1.70. The fourth-order valence-electron chi connectivity index (χ4n) is 2.61. The number of anilines is 1. The highest BCUT2D eigenvalue weighted by atomic mass is 32.2. The summed E-state index contributed by atoms with van der Waals surface area (Å²) in [5.41, 5.74) is 2.64. The molecule has 1 aromatic heterocycles. The number of amides is 1. The number of rotatable bonds is 6. The lowest BCUT2D eigenvalue weighted by Gasteiger charge is -2.13. The first-order valence-corrected chi connectivity index (χ1v) is 10.2. The maximum absolute atomic E-state index is 12.5. The number of carbonyl (C=O) groups excluding carboxylic acids is 1. The molecular formula is C21H21N3O3S. The number of hydrogen-bond acceptors (Lipinski definition) is 4. The van der Waals surface area contributed by atoms with Crippen molar-refractivity contribution in [1.29, 1.82) is 0 Å². The Hall–Kier alpha value is -3.19. The molecule has 0 spiro atoms. The fraction of sp³-hybridized carbons (Fsp3) is 0.143. The minimum Gasteiger partial charge on any atom is -0.344 e. The van der Waals surface area contributed by atoms with Crippen LogP contribution < -0.4 is 10.0 Å². The van der Waals surface area contributed by atoms with E-state index in [9.17, 15) is 13.2 Å². The molecule has 0 saturated carbocycles. The van der Waals surface area contributed by atoms with Crippen molar-refractivity contribution in [3.63, 3.8) is 0 Å². The van der Waals surface area contributed by atoms with Crippen molar-refractivity contribution >= 4 is 21.6 Å².